The molecule has 0 saturated heterocycles. The van der Waals surface area contributed by atoms with E-state index >= 15 is 0 Å². The highest BCUT2D eigenvalue weighted by Gasteiger charge is 2.40. The molecule has 0 amide bonds. The minimum absolute atomic E-state index is 0.292. The molecule has 0 spiro atoms. The normalized spacial score (nSPS) is 15.1. The summed E-state index contributed by atoms with van der Waals surface area (Å²) in [6, 6.07) is 0. The van der Waals surface area contributed by atoms with Gasteiger partial charge in [-0.2, -0.15) is 0 Å². The summed E-state index contributed by atoms with van der Waals surface area (Å²) in [5.74, 6) is -0.177. The van der Waals surface area contributed by atoms with E-state index in [0.29, 0.717) is 18.3 Å². The van der Waals surface area contributed by atoms with Gasteiger partial charge in [-0.25, -0.2) is 0 Å². The second kappa shape index (κ2) is 21.2. The maximum atomic E-state index is 12.8. The summed E-state index contributed by atoms with van der Waals surface area (Å²) in [5, 5.41) is 19.2. The van der Waals surface area contributed by atoms with Gasteiger partial charge in [-0.05, 0) is 37.5 Å². The molecule has 4 nitrogen and oxygen atoms in total. The maximum Gasteiger partial charge on any atom is 0.309 e. The van der Waals surface area contributed by atoms with Crippen LogP contribution in [0, 0.1) is 17.3 Å². The van der Waals surface area contributed by atoms with Gasteiger partial charge in [-0.3, -0.25) is 9.59 Å². The molecule has 4 heteroatoms. The van der Waals surface area contributed by atoms with Gasteiger partial charge in [0.05, 0.1) is 5.41 Å². The molecule has 34 heavy (non-hydrogen) atoms. The third kappa shape index (κ3) is 15.8. The van der Waals surface area contributed by atoms with Crippen molar-refractivity contribution in [3.8, 4) is 0 Å². The summed E-state index contributed by atoms with van der Waals surface area (Å²) in [7, 11) is 0. The molecular formula is C30H58O4. The summed E-state index contributed by atoms with van der Waals surface area (Å²) >= 11 is 0. The summed E-state index contributed by atoms with van der Waals surface area (Å²) in [6.45, 7) is 8.93. The smallest absolute Gasteiger partial charge is 0.309 e. The molecule has 0 aliphatic rings. The van der Waals surface area contributed by atoms with Crippen molar-refractivity contribution in [1.29, 1.82) is 0 Å². The minimum Gasteiger partial charge on any atom is -0.481 e. The number of hydrogen-bond donors (Lipinski definition) is 2. The van der Waals surface area contributed by atoms with Crippen LogP contribution in [0.2, 0.25) is 0 Å². The predicted octanol–water partition coefficient (Wildman–Crippen LogP) is 9.65. The van der Waals surface area contributed by atoms with E-state index in [1.165, 1.54) is 64.2 Å². The summed E-state index contributed by atoms with van der Waals surface area (Å²) in [6.07, 6.45) is 22.0. The van der Waals surface area contributed by atoms with E-state index < -0.39 is 17.4 Å². The molecule has 0 saturated carbocycles. The Morgan fingerprint density at radius 1 is 0.618 bits per heavy atom. The minimum atomic E-state index is -0.691. The van der Waals surface area contributed by atoms with E-state index in [0.717, 1.165) is 64.2 Å². The lowest BCUT2D eigenvalue weighted by atomic mass is 9.67. The van der Waals surface area contributed by atoms with E-state index in [2.05, 4.69) is 27.7 Å². The number of carboxylic acids is 2. The van der Waals surface area contributed by atoms with Crippen molar-refractivity contribution < 1.29 is 19.8 Å². The van der Waals surface area contributed by atoms with Crippen molar-refractivity contribution in [3.63, 3.8) is 0 Å². The van der Waals surface area contributed by atoms with Gasteiger partial charge < -0.3 is 10.2 Å². The highest BCUT2D eigenvalue weighted by molar-refractivity contribution is 5.74. The highest BCUT2D eigenvalue weighted by atomic mass is 16.4. The Bertz CT molecular complexity index is 484. The molecule has 0 bridgehead atoms. The first-order valence-electron chi connectivity index (χ1n) is 14.8. The Morgan fingerprint density at radius 2 is 1.03 bits per heavy atom. The zero-order valence-electron chi connectivity index (χ0n) is 23.2. The Labute approximate surface area is 211 Å². The monoisotopic (exact) mass is 482 g/mol. The number of carbonyl (C=O) groups is 2. The number of rotatable bonds is 25. The zero-order chi connectivity index (χ0) is 25.7. The Kier molecular flexibility index (Phi) is 20.6. The highest BCUT2D eigenvalue weighted by Crippen LogP contribution is 2.43. The fraction of sp³-hybridized carbons (Fsp3) is 0.933. The average Bonchev–Trinajstić information content (AvgIpc) is 2.81. The molecular weight excluding hydrogens is 424 g/mol. The van der Waals surface area contributed by atoms with Crippen molar-refractivity contribution in [2.75, 3.05) is 0 Å². The SMILES string of the molecule is CCCCC(CC)CC(CCCCCCCCCCCC(=O)O)(CC(CC)CCCC)C(=O)O. The lowest BCUT2D eigenvalue weighted by Gasteiger charge is -2.36. The largest absolute Gasteiger partial charge is 0.481 e. The standard InChI is InChI=1S/C30H58O4/c1-5-9-20-26(7-3)24-30(29(33)34,25-27(8-4)21-10-6-2)23-19-17-15-13-11-12-14-16-18-22-28(31)32/h26-27H,5-25H2,1-4H3,(H,31,32)(H,33,34). The Hall–Kier alpha value is -1.06. The van der Waals surface area contributed by atoms with Gasteiger partial charge in [0, 0.05) is 6.42 Å². The fourth-order valence-corrected chi connectivity index (χ4v) is 5.54. The van der Waals surface area contributed by atoms with E-state index in [1.807, 2.05) is 0 Å². The second-order valence-corrected chi connectivity index (χ2v) is 10.9. The summed E-state index contributed by atoms with van der Waals surface area (Å²) in [5.41, 5.74) is -0.549. The van der Waals surface area contributed by atoms with Crippen LogP contribution in [0.5, 0.6) is 0 Å². The molecule has 0 aliphatic heterocycles. The van der Waals surface area contributed by atoms with Crippen molar-refractivity contribution in [3.05, 3.63) is 0 Å². The first-order valence-corrected chi connectivity index (χ1v) is 14.8. The fourth-order valence-electron chi connectivity index (χ4n) is 5.54. The molecule has 2 unspecified atom stereocenters. The average molecular weight is 483 g/mol. The predicted molar refractivity (Wildman–Crippen MR) is 144 cm³/mol. The van der Waals surface area contributed by atoms with E-state index in [1.54, 1.807) is 0 Å². The number of carboxylic acid groups (broad SMARTS) is 2. The third-order valence-electron chi connectivity index (χ3n) is 7.95. The van der Waals surface area contributed by atoms with Crippen molar-refractivity contribution in [1.82, 2.24) is 0 Å². The maximum absolute atomic E-state index is 12.8. The third-order valence-corrected chi connectivity index (χ3v) is 7.95. The lowest BCUT2D eigenvalue weighted by Crippen LogP contribution is -2.36. The van der Waals surface area contributed by atoms with Crippen molar-refractivity contribution in [2.45, 2.75) is 163 Å². The van der Waals surface area contributed by atoms with Crippen LogP contribution < -0.4 is 0 Å². The molecule has 0 heterocycles. The van der Waals surface area contributed by atoms with Gasteiger partial charge in [0.2, 0.25) is 0 Å². The van der Waals surface area contributed by atoms with E-state index in [4.69, 9.17) is 5.11 Å². The van der Waals surface area contributed by atoms with Crippen LogP contribution in [0.1, 0.15) is 163 Å². The topological polar surface area (TPSA) is 74.6 Å². The van der Waals surface area contributed by atoms with E-state index in [9.17, 15) is 14.7 Å². The van der Waals surface area contributed by atoms with Crippen LogP contribution in [-0.4, -0.2) is 22.2 Å². The summed E-state index contributed by atoms with van der Waals surface area (Å²) in [4.78, 5) is 23.3. The Balaban J connectivity index is 4.76. The van der Waals surface area contributed by atoms with Crippen LogP contribution in [0.3, 0.4) is 0 Å². The summed E-state index contributed by atoms with van der Waals surface area (Å²) < 4.78 is 0. The molecule has 0 radical (unpaired) electrons. The second-order valence-electron chi connectivity index (χ2n) is 10.9. The molecule has 0 rings (SSSR count). The molecule has 0 aromatic rings. The quantitative estimate of drug-likeness (QED) is 0.127. The number of aliphatic carboxylic acids is 2. The molecule has 202 valence electrons. The van der Waals surface area contributed by atoms with Gasteiger partial charge in [0.25, 0.3) is 0 Å². The molecule has 2 atom stereocenters. The zero-order valence-corrected chi connectivity index (χ0v) is 23.2. The van der Waals surface area contributed by atoms with Crippen LogP contribution in [0.4, 0.5) is 0 Å². The molecule has 2 N–H and O–H groups in total. The van der Waals surface area contributed by atoms with Gasteiger partial charge in [0.1, 0.15) is 0 Å². The van der Waals surface area contributed by atoms with Gasteiger partial charge in [-0.15, -0.1) is 0 Å². The lowest BCUT2D eigenvalue weighted by molar-refractivity contribution is -0.152. The Morgan fingerprint density at radius 3 is 1.38 bits per heavy atom. The number of hydrogen-bond acceptors (Lipinski definition) is 2. The first-order chi connectivity index (χ1) is 16.3. The number of unbranched alkanes of at least 4 members (excludes halogenated alkanes) is 10. The first kappa shape index (κ1) is 32.9. The van der Waals surface area contributed by atoms with Crippen LogP contribution in [0.15, 0.2) is 0 Å². The van der Waals surface area contributed by atoms with Gasteiger partial charge in [0.15, 0.2) is 0 Å². The molecule has 0 aliphatic carbocycles. The van der Waals surface area contributed by atoms with Crippen LogP contribution in [-0.2, 0) is 9.59 Å². The molecule has 0 aromatic carbocycles. The van der Waals surface area contributed by atoms with Gasteiger partial charge in [-0.1, -0.05) is 130 Å². The van der Waals surface area contributed by atoms with Crippen molar-refractivity contribution >= 4 is 11.9 Å². The molecule has 0 aromatic heterocycles. The van der Waals surface area contributed by atoms with E-state index in [-0.39, 0.29) is 0 Å². The van der Waals surface area contributed by atoms with Crippen molar-refractivity contribution in [2.24, 2.45) is 17.3 Å². The van der Waals surface area contributed by atoms with Crippen LogP contribution >= 0.6 is 0 Å². The molecule has 0 fully saturated rings. The van der Waals surface area contributed by atoms with Crippen LogP contribution in [0.25, 0.3) is 0 Å². The van der Waals surface area contributed by atoms with Gasteiger partial charge >= 0.3 is 11.9 Å².